The lowest BCUT2D eigenvalue weighted by Crippen LogP contribution is -2.38. The van der Waals surface area contributed by atoms with E-state index < -0.39 is 9.84 Å². The van der Waals surface area contributed by atoms with Crippen molar-refractivity contribution in [3.63, 3.8) is 0 Å². The van der Waals surface area contributed by atoms with Crippen molar-refractivity contribution in [3.8, 4) is 0 Å². The zero-order chi connectivity index (χ0) is 12.1. The summed E-state index contributed by atoms with van der Waals surface area (Å²) < 4.78 is 22.5. The molecule has 2 rings (SSSR count). The minimum absolute atomic E-state index is 0.372. The fourth-order valence-electron chi connectivity index (χ4n) is 2.71. The molecule has 0 unspecified atom stereocenters. The Morgan fingerprint density at radius 2 is 1.76 bits per heavy atom. The average Bonchev–Trinajstić information content (AvgIpc) is 2.79. The molecule has 0 aromatic carbocycles. The van der Waals surface area contributed by atoms with Crippen molar-refractivity contribution in [1.29, 1.82) is 0 Å². The summed E-state index contributed by atoms with van der Waals surface area (Å²) in [6.45, 7) is 4.75. The molecule has 0 amide bonds. The van der Waals surface area contributed by atoms with E-state index in [1.165, 1.54) is 38.9 Å². The van der Waals surface area contributed by atoms with Gasteiger partial charge < -0.3 is 10.2 Å². The van der Waals surface area contributed by atoms with Crippen LogP contribution in [0.4, 0.5) is 0 Å². The molecular formula is C12H24N2O2S. The first-order valence-electron chi connectivity index (χ1n) is 6.82. The van der Waals surface area contributed by atoms with Gasteiger partial charge in [0.2, 0.25) is 0 Å². The van der Waals surface area contributed by atoms with E-state index in [4.69, 9.17) is 0 Å². The molecule has 2 aliphatic heterocycles. The largest absolute Gasteiger partial charge is 0.314 e. The topological polar surface area (TPSA) is 49.4 Å². The Morgan fingerprint density at radius 1 is 1.12 bits per heavy atom. The molecule has 0 radical (unpaired) electrons. The van der Waals surface area contributed by atoms with Crippen molar-refractivity contribution < 1.29 is 8.42 Å². The Hall–Kier alpha value is -0.130. The maximum Gasteiger partial charge on any atom is 0.150 e. The quantitative estimate of drug-likeness (QED) is 0.737. The Morgan fingerprint density at radius 3 is 2.41 bits per heavy atom. The van der Waals surface area contributed by atoms with Gasteiger partial charge in [-0.15, -0.1) is 0 Å². The van der Waals surface area contributed by atoms with Crippen LogP contribution in [0.2, 0.25) is 0 Å². The number of rotatable bonds is 5. The minimum atomic E-state index is -2.71. The van der Waals surface area contributed by atoms with E-state index in [2.05, 4.69) is 10.2 Å². The molecule has 2 aliphatic rings. The monoisotopic (exact) mass is 260 g/mol. The normalized spacial score (nSPS) is 26.4. The van der Waals surface area contributed by atoms with Crippen LogP contribution in [0.15, 0.2) is 0 Å². The van der Waals surface area contributed by atoms with E-state index in [0.29, 0.717) is 17.5 Å². The van der Waals surface area contributed by atoms with Gasteiger partial charge in [-0.1, -0.05) is 0 Å². The van der Waals surface area contributed by atoms with Crippen LogP contribution >= 0.6 is 0 Å². The second-order valence-corrected chi connectivity index (χ2v) is 7.59. The van der Waals surface area contributed by atoms with Crippen LogP contribution in [0.25, 0.3) is 0 Å². The second-order valence-electron chi connectivity index (χ2n) is 5.28. The van der Waals surface area contributed by atoms with Crippen molar-refractivity contribution in [3.05, 3.63) is 0 Å². The Kier molecular flexibility index (Phi) is 4.82. The van der Waals surface area contributed by atoms with Gasteiger partial charge in [0.15, 0.2) is 0 Å². The second kappa shape index (κ2) is 6.16. The Bertz CT molecular complexity index is 309. The standard InChI is InChI=1S/C12H24N2O2S/c15-17(16)10-4-12(5-11-17)13-6-3-9-14-7-1-2-8-14/h12-13H,1-11H2. The number of nitrogens with one attached hydrogen (secondary N) is 1. The molecule has 2 heterocycles. The number of sulfone groups is 1. The van der Waals surface area contributed by atoms with Crippen LogP contribution < -0.4 is 5.32 Å². The van der Waals surface area contributed by atoms with Crippen molar-refractivity contribution in [2.75, 3.05) is 37.7 Å². The highest BCUT2D eigenvalue weighted by atomic mass is 32.2. The van der Waals surface area contributed by atoms with Gasteiger partial charge >= 0.3 is 0 Å². The third kappa shape index (κ3) is 4.56. The molecule has 4 nitrogen and oxygen atoms in total. The summed E-state index contributed by atoms with van der Waals surface area (Å²) in [5, 5.41) is 3.49. The van der Waals surface area contributed by atoms with Crippen molar-refractivity contribution >= 4 is 9.84 Å². The van der Waals surface area contributed by atoms with E-state index in [-0.39, 0.29) is 0 Å². The van der Waals surface area contributed by atoms with E-state index in [9.17, 15) is 8.42 Å². The van der Waals surface area contributed by atoms with Crippen molar-refractivity contribution in [1.82, 2.24) is 10.2 Å². The summed E-state index contributed by atoms with van der Waals surface area (Å²) in [6.07, 6.45) is 5.49. The number of hydrogen-bond acceptors (Lipinski definition) is 4. The number of nitrogens with zero attached hydrogens (tertiary/aromatic N) is 1. The van der Waals surface area contributed by atoms with Crippen LogP contribution in [0, 0.1) is 0 Å². The van der Waals surface area contributed by atoms with Gasteiger partial charge in [-0.2, -0.15) is 0 Å². The predicted molar refractivity (Wildman–Crippen MR) is 70.0 cm³/mol. The lowest BCUT2D eigenvalue weighted by molar-refractivity contribution is 0.325. The Labute approximate surface area is 105 Å². The molecule has 0 spiro atoms. The van der Waals surface area contributed by atoms with Crippen LogP contribution in [0.3, 0.4) is 0 Å². The minimum Gasteiger partial charge on any atom is -0.314 e. The van der Waals surface area contributed by atoms with Crippen LogP contribution in [0.1, 0.15) is 32.1 Å². The summed E-state index contributed by atoms with van der Waals surface area (Å²) >= 11 is 0. The van der Waals surface area contributed by atoms with Gasteiger partial charge in [0.25, 0.3) is 0 Å². The van der Waals surface area contributed by atoms with Gasteiger partial charge in [-0.05, 0) is 58.3 Å². The average molecular weight is 260 g/mol. The van der Waals surface area contributed by atoms with Crippen molar-refractivity contribution in [2.24, 2.45) is 0 Å². The molecule has 1 N–H and O–H groups in total. The molecule has 0 saturated carbocycles. The summed E-state index contributed by atoms with van der Waals surface area (Å²) in [6, 6.07) is 0.428. The molecular weight excluding hydrogens is 236 g/mol. The molecule has 0 atom stereocenters. The first-order chi connectivity index (χ1) is 8.16. The first kappa shape index (κ1) is 13.3. The summed E-state index contributed by atoms with van der Waals surface area (Å²) in [4.78, 5) is 2.52. The van der Waals surface area contributed by atoms with Gasteiger partial charge in [0.1, 0.15) is 9.84 Å². The maximum absolute atomic E-state index is 11.3. The predicted octanol–water partition coefficient (Wildman–Crippen LogP) is 0.639. The van der Waals surface area contributed by atoms with E-state index in [0.717, 1.165) is 19.4 Å². The molecule has 2 saturated heterocycles. The zero-order valence-corrected chi connectivity index (χ0v) is 11.3. The third-order valence-electron chi connectivity index (χ3n) is 3.84. The fourth-order valence-corrected chi connectivity index (χ4v) is 4.20. The van der Waals surface area contributed by atoms with Gasteiger partial charge in [0, 0.05) is 6.04 Å². The molecule has 0 bridgehead atoms. The SMILES string of the molecule is O=S1(=O)CCC(NCCCN2CCCC2)CC1. The lowest BCUT2D eigenvalue weighted by atomic mass is 10.1. The lowest BCUT2D eigenvalue weighted by Gasteiger charge is -2.23. The van der Waals surface area contributed by atoms with Gasteiger partial charge in [-0.3, -0.25) is 0 Å². The molecule has 0 aliphatic carbocycles. The molecule has 0 aromatic heterocycles. The maximum atomic E-state index is 11.3. The van der Waals surface area contributed by atoms with Crippen LogP contribution in [-0.4, -0.2) is 57.0 Å². The van der Waals surface area contributed by atoms with Crippen LogP contribution in [0.5, 0.6) is 0 Å². The molecule has 5 heteroatoms. The number of likely N-dealkylation sites (tertiary alicyclic amines) is 1. The third-order valence-corrected chi connectivity index (χ3v) is 5.55. The number of hydrogen-bond donors (Lipinski definition) is 1. The highest BCUT2D eigenvalue weighted by Crippen LogP contribution is 2.12. The fraction of sp³-hybridized carbons (Fsp3) is 1.00. The summed E-state index contributed by atoms with van der Waals surface area (Å²) in [5.41, 5.74) is 0. The smallest absolute Gasteiger partial charge is 0.150 e. The molecule has 17 heavy (non-hydrogen) atoms. The van der Waals surface area contributed by atoms with E-state index in [1.54, 1.807) is 0 Å². The summed E-state index contributed by atoms with van der Waals surface area (Å²) in [5.74, 6) is 0.744. The van der Waals surface area contributed by atoms with Gasteiger partial charge in [-0.25, -0.2) is 8.42 Å². The molecule has 0 aromatic rings. The van der Waals surface area contributed by atoms with E-state index >= 15 is 0 Å². The van der Waals surface area contributed by atoms with Crippen LogP contribution in [-0.2, 0) is 9.84 Å². The highest BCUT2D eigenvalue weighted by Gasteiger charge is 2.22. The van der Waals surface area contributed by atoms with E-state index in [1.807, 2.05) is 0 Å². The molecule has 2 fully saturated rings. The zero-order valence-electron chi connectivity index (χ0n) is 10.5. The van der Waals surface area contributed by atoms with Gasteiger partial charge in [0.05, 0.1) is 11.5 Å². The van der Waals surface area contributed by atoms with Crippen molar-refractivity contribution in [2.45, 2.75) is 38.1 Å². The Balaban J connectivity index is 1.53. The summed E-state index contributed by atoms with van der Waals surface area (Å²) in [7, 11) is -2.71. The first-order valence-corrected chi connectivity index (χ1v) is 8.64. The molecule has 100 valence electrons. The highest BCUT2D eigenvalue weighted by molar-refractivity contribution is 7.91.